The van der Waals surface area contributed by atoms with Gasteiger partial charge in [-0.1, -0.05) is 22.9 Å². The molecule has 2 N–H and O–H groups in total. The zero-order valence-electron chi connectivity index (χ0n) is 12.3. The third-order valence-corrected chi connectivity index (χ3v) is 3.42. The second-order valence-corrected chi connectivity index (χ2v) is 5.89. The van der Waals surface area contributed by atoms with Gasteiger partial charge in [0.2, 0.25) is 0 Å². The van der Waals surface area contributed by atoms with Gasteiger partial charge in [-0.25, -0.2) is 5.43 Å². The van der Waals surface area contributed by atoms with Crippen molar-refractivity contribution in [2.24, 2.45) is 5.10 Å². The Kier molecular flexibility index (Phi) is 5.94. The normalized spacial score (nSPS) is 13.9. The first-order valence-electron chi connectivity index (χ1n) is 7.16. The number of hydrogen-bond acceptors (Lipinski definition) is 4. The Morgan fingerprint density at radius 2 is 2.18 bits per heavy atom. The summed E-state index contributed by atoms with van der Waals surface area (Å²) in [6, 6.07) is 5.65. The molecule has 22 heavy (non-hydrogen) atoms. The predicted molar refractivity (Wildman–Crippen MR) is 86.8 cm³/mol. The van der Waals surface area contributed by atoms with Crippen molar-refractivity contribution >= 4 is 34.0 Å². The van der Waals surface area contributed by atoms with E-state index < -0.39 is 11.8 Å². The molecule has 0 heterocycles. The highest BCUT2D eigenvalue weighted by Crippen LogP contribution is 2.22. The van der Waals surface area contributed by atoms with E-state index in [0.29, 0.717) is 17.9 Å². The molecule has 0 bridgehead atoms. The molecule has 1 aliphatic rings. The van der Waals surface area contributed by atoms with Crippen LogP contribution in [-0.2, 0) is 9.59 Å². The van der Waals surface area contributed by atoms with E-state index in [4.69, 9.17) is 4.74 Å². The molecule has 118 valence electrons. The number of hydrogen-bond donors (Lipinski definition) is 2. The molecule has 0 saturated heterocycles. The molecule has 7 heteroatoms. The molecule has 6 nitrogen and oxygen atoms in total. The monoisotopic (exact) mass is 367 g/mol. The fourth-order valence-electron chi connectivity index (χ4n) is 1.65. The average Bonchev–Trinajstić information content (AvgIpc) is 3.30. The predicted octanol–water partition coefficient (Wildman–Crippen LogP) is 1.97. The van der Waals surface area contributed by atoms with Crippen LogP contribution >= 0.6 is 15.9 Å². The molecule has 0 atom stereocenters. The standard InChI is InChI=1S/C15H18BrN3O3/c1-2-7-22-13-6-3-11(16)8-10(13)9-17-19-15(21)14(20)18-12-4-5-12/h3,6,8-9,12H,2,4-5,7H2,1H3,(H,18,20)(H,19,21)/b17-9-. The third-order valence-electron chi connectivity index (χ3n) is 2.92. The summed E-state index contributed by atoms with van der Waals surface area (Å²) >= 11 is 3.37. The van der Waals surface area contributed by atoms with Crippen molar-refractivity contribution in [3.05, 3.63) is 28.2 Å². The van der Waals surface area contributed by atoms with Crippen LogP contribution in [0.3, 0.4) is 0 Å². The summed E-state index contributed by atoms with van der Waals surface area (Å²) in [6.45, 7) is 2.62. The van der Waals surface area contributed by atoms with Gasteiger partial charge in [-0.3, -0.25) is 9.59 Å². The van der Waals surface area contributed by atoms with Crippen molar-refractivity contribution in [2.75, 3.05) is 6.61 Å². The van der Waals surface area contributed by atoms with Crippen molar-refractivity contribution in [3.8, 4) is 5.75 Å². The van der Waals surface area contributed by atoms with Crippen LogP contribution in [0.25, 0.3) is 0 Å². The highest BCUT2D eigenvalue weighted by atomic mass is 79.9. The SMILES string of the molecule is CCCOc1ccc(Br)cc1/C=N\NC(=O)C(=O)NC1CC1. The van der Waals surface area contributed by atoms with E-state index in [-0.39, 0.29) is 6.04 Å². The Morgan fingerprint density at radius 3 is 2.86 bits per heavy atom. The topological polar surface area (TPSA) is 79.8 Å². The van der Waals surface area contributed by atoms with E-state index in [2.05, 4.69) is 31.8 Å². The molecular formula is C15H18BrN3O3. The van der Waals surface area contributed by atoms with Gasteiger partial charge >= 0.3 is 11.8 Å². The van der Waals surface area contributed by atoms with Crippen LogP contribution in [0.4, 0.5) is 0 Å². The number of halogens is 1. The maximum absolute atomic E-state index is 11.5. The van der Waals surface area contributed by atoms with Crippen molar-refractivity contribution in [2.45, 2.75) is 32.2 Å². The van der Waals surface area contributed by atoms with E-state index in [1.807, 2.05) is 25.1 Å². The Morgan fingerprint density at radius 1 is 1.41 bits per heavy atom. The van der Waals surface area contributed by atoms with Gasteiger partial charge in [0.1, 0.15) is 5.75 Å². The van der Waals surface area contributed by atoms with Gasteiger partial charge in [0.25, 0.3) is 0 Å². The lowest BCUT2D eigenvalue weighted by molar-refractivity contribution is -0.139. The Balaban J connectivity index is 1.94. The molecule has 1 fully saturated rings. The van der Waals surface area contributed by atoms with Crippen LogP contribution in [-0.4, -0.2) is 30.7 Å². The van der Waals surface area contributed by atoms with Gasteiger partial charge in [0, 0.05) is 16.1 Å². The van der Waals surface area contributed by atoms with Crippen molar-refractivity contribution in [1.82, 2.24) is 10.7 Å². The number of amides is 2. The first kappa shape index (κ1) is 16.5. The number of benzene rings is 1. The molecule has 1 saturated carbocycles. The minimum absolute atomic E-state index is 0.140. The minimum Gasteiger partial charge on any atom is -0.493 e. The number of rotatable bonds is 6. The van der Waals surface area contributed by atoms with Gasteiger partial charge in [-0.05, 0) is 37.5 Å². The van der Waals surface area contributed by atoms with Crippen LogP contribution in [0, 0.1) is 0 Å². The van der Waals surface area contributed by atoms with E-state index >= 15 is 0 Å². The smallest absolute Gasteiger partial charge is 0.329 e. The molecule has 2 amide bonds. The summed E-state index contributed by atoms with van der Waals surface area (Å²) in [6.07, 6.45) is 4.21. The van der Waals surface area contributed by atoms with Crippen LogP contribution < -0.4 is 15.5 Å². The van der Waals surface area contributed by atoms with Crippen LogP contribution in [0.15, 0.2) is 27.8 Å². The van der Waals surface area contributed by atoms with Crippen LogP contribution in [0.5, 0.6) is 5.75 Å². The summed E-state index contributed by atoms with van der Waals surface area (Å²) < 4.78 is 6.47. The van der Waals surface area contributed by atoms with Gasteiger partial charge in [0.05, 0.1) is 12.8 Å². The number of ether oxygens (including phenoxy) is 1. The van der Waals surface area contributed by atoms with Crippen LogP contribution in [0.1, 0.15) is 31.7 Å². The number of carbonyl (C=O) groups excluding carboxylic acids is 2. The van der Waals surface area contributed by atoms with Gasteiger partial charge < -0.3 is 10.1 Å². The second kappa shape index (κ2) is 7.93. The second-order valence-electron chi connectivity index (χ2n) is 4.98. The molecule has 0 spiro atoms. The first-order chi connectivity index (χ1) is 10.6. The fourth-order valence-corrected chi connectivity index (χ4v) is 2.03. The van der Waals surface area contributed by atoms with Crippen LogP contribution in [0.2, 0.25) is 0 Å². The maximum atomic E-state index is 11.5. The van der Waals surface area contributed by atoms with E-state index in [9.17, 15) is 9.59 Å². The van der Waals surface area contributed by atoms with E-state index in [1.165, 1.54) is 6.21 Å². The van der Waals surface area contributed by atoms with E-state index in [1.54, 1.807) is 0 Å². The lowest BCUT2D eigenvalue weighted by atomic mass is 10.2. The molecular weight excluding hydrogens is 350 g/mol. The van der Waals surface area contributed by atoms with Crippen molar-refractivity contribution in [1.29, 1.82) is 0 Å². The molecule has 0 aromatic heterocycles. The summed E-state index contributed by atoms with van der Waals surface area (Å²) in [5.41, 5.74) is 2.93. The van der Waals surface area contributed by atoms with Crippen molar-refractivity contribution < 1.29 is 14.3 Å². The largest absolute Gasteiger partial charge is 0.493 e. The fraction of sp³-hybridized carbons (Fsp3) is 0.400. The number of hydrazone groups is 1. The summed E-state index contributed by atoms with van der Waals surface area (Å²) in [7, 11) is 0. The number of nitrogens with one attached hydrogen (secondary N) is 2. The minimum atomic E-state index is -0.769. The zero-order valence-corrected chi connectivity index (χ0v) is 13.9. The Labute approximate surface area is 137 Å². The Hall–Kier alpha value is -1.89. The molecule has 2 rings (SSSR count). The molecule has 1 aromatic carbocycles. The van der Waals surface area contributed by atoms with Gasteiger partial charge in [-0.2, -0.15) is 5.10 Å². The number of carbonyl (C=O) groups is 2. The first-order valence-corrected chi connectivity index (χ1v) is 7.95. The summed E-state index contributed by atoms with van der Waals surface area (Å²) in [5.74, 6) is -0.754. The van der Waals surface area contributed by atoms with Gasteiger partial charge in [0.15, 0.2) is 0 Å². The number of nitrogens with zero attached hydrogens (tertiary/aromatic N) is 1. The quantitative estimate of drug-likeness (QED) is 0.458. The summed E-state index contributed by atoms with van der Waals surface area (Å²) in [5, 5.41) is 6.41. The Bertz CT molecular complexity index is 585. The average molecular weight is 368 g/mol. The maximum Gasteiger partial charge on any atom is 0.329 e. The molecule has 1 aromatic rings. The van der Waals surface area contributed by atoms with Crippen molar-refractivity contribution in [3.63, 3.8) is 0 Å². The van der Waals surface area contributed by atoms with E-state index in [0.717, 1.165) is 23.7 Å². The molecule has 0 aliphatic heterocycles. The molecule has 1 aliphatic carbocycles. The molecule has 0 unspecified atom stereocenters. The zero-order chi connectivity index (χ0) is 15.9. The lowest BCUT2D eigenvalue weighted by Gasteiger charge is -2.08. The lowest BCUT2D eigenvalue weighted by Crippen LogP contribution is -2.38. The summed E-state index contributed by atoms with van der Waals surface area (Å²) in [4.78, 5) is 23.0. The molecule has 0 radical (unpaired) electrons. The third kappa shape index (κ3) is 5.14. The van der Waals surface area contributed by atoms with Gasteiger partial charge in [-0.15, -0.1) is 0 Å². The highest BCUT2D eigenvalue weighted by molar-refractivity contribution is 9.10. The highest BCUT2D eigenvalue weighted by Gasteiger charge is 2.26.